The minimum absolute atomic E-state index is 0.250. The maximum atomic E-state index is 12.5. The Morgan fingerprint density at radius 1 is 1.13 bits per heavy atom. The van der Waals surface area contributed by atoms with Crippen LogP contribution in [0.2, 0.25) is 5.02 Å². The van der Waals surface area contributed by atoms with Gasteiger partial charge >= 0.3 is 0 Å². The molecule has 0 atom stereocenters. The van der Waals surface area contributed by atoms with E-state index >= 15 is 0 Å². The van der Waals surface area contributed by atoms with E-state index in [-0.39, 0.29) is 5.91 Å². The van der Waals surface area contributed by atoms with Crippen molar-refractivity contribution in [1.82, 2.24) is 0 Å². The van der Waals surface area contributed by atoms with Crippen molar-refractivity contribution in [2.45, 2.75) is 11.3 Å². The highest BCUT2D eigenvalue weighted by atomic mass is 35.5. The van der Waals surface area contributed by atoms with Crippen LogP contribution < -0.4 is 14.8 Å². The van der Waals surface area contributed by atoms with Gasteiger partial charge in [0.15, 0.2) is 11.5 Å². The largest absolute Gasteiger partial charge is 0.490 e. The summed E-state index contributed by atoms with van der Waals surface area (Å²) in [6, 6.07) is 10.8. The van der Waals surface area contributed by atoms with E-state index in [9.17, 15) is 4.79 Å². The molecule has 0 aliphatic carbocycles. The molecule has 0 unspecified atom stereocenters. The highest BCUT2D eigenvalue weighted by Gasteiger charge is 2.14. The Balaban J connectivity index is 1.82. The number of rotatable bonds is 3. The monoisotopic (exact) mass is 349 g/mol. The van der Waals surface area contributed by atoms with E-state index in [4.69, 9.17) is 21.1 Å². The van der Waals surface area contributed by atoms with Gasteiger partial charge in [0.1, 0.15) is 0 Å². The van der Waals surface area contributed by atoms with Crippen LogP contribution in [-0.4, -0.2) is 25.4 Å². The Kier molecular flexibility index (Phi) is 4.98. The van der Waals surface area contributed by atoms with Gasteiger partial charge in [-0.25, -0.2) is 0 Å². The van der Waals surface area contributed by atoms with E-state index in [1.165, 1.54) is 0 Å². The van der Waals surface area contributed by atoms with E-state index in [0.29, 0.717) is 41.0 Å². The molecule has 0 saturated heterocycles. The molecule has 4 nitrogen and oxygen atoms in total. The molecule has 0 bridgehead atoms. The van der Waals surface area contributed by atoms with E-state index < -0.39 is 0 Å². The van der Waals surface area contributed by atoms with Gasteiger partial charge < -0.3 is 14.8 Å². The van der Waals surface area contributed by atoms with Crippen molar-refractivity contribution in [2.75, 3.05) is 24.8 Å². The summed E-state index contributed by atoms with van der Waals surface area (Å²) in [6.07, 6.45) is 2.79. The van der Waals surface area contributed by atoms with Gasteiger partial charge in [0, 0.05) is 23.1 Å². The zero-order valence-electron chi connectivity index (χ0n) is 12.6. The predicted octanol–water partition coefficient (Wildman–Crippen LogP) is 4.48. The quantitative estimate of drug-likeness (QED) is 0.830. The summed E-state index contributed by atoms with van der Waals surface area (Å²) in [5.41, 5.74) is 1.09. The maximum Gasteiger partial charge on any atom is 0.257 e. The molecule has 120 valence electrons. The van der Waals surface area contributed by atoms with Gasteiger partial charge in [-0.05, 0) is 36.6 Å². The highest BCUT2D eigenvalue weighted by Crippen LogP contribution is 2.32. The molecule has 0 spiro atoms. The Hall–Kier alpha value is -1.85. The number of halogens is 1. The summed E-state index contributed by atoms with van der Waals surface area (Å²) >= 11 is 7.70. The smallest absolute Gasteiger partial charge is 0.257 e. The van der Waals surface area contributed by atoms with Gasteiger partial charge in [0.2, 0.25) is 0 Å². The third-order valence-corrected chi connectivity index (χ3v) is 4.48. The number of ether oxygens (including phenoxy) is 2. The molecular weight excluding hydrogens is 334 g/mol. The van der Waals surface area contributed by atoms with Crippen LogP contribution in [0, 0.1) is 0 Å². The van der Waals surface area contributed by atoms with Crippen molar-refractivity contribution >= 4 is 35.0 Å². The molecule has 1 aliphatic heterocycles. The Morgan fingerprint density at radius 2 is 1.91 bits per heavy atom. The first-order chi connectivity index (χ1) is 11.2. The average molecular weight is 350 g/mol. The molecular formula is C17H16ClNO3S. The van der Waals surface area contributed by atoms with Crippen molar-refractivity contribution in [1.29, 1.82) is 0 Å². The van der Waals surface area contributed by atoms with Crippen molar-refractivity contribution < 1.29 is 14.3 Å². The molecule has 2 aromatic carbocycles. The second-order valence-corrected chi connectivity index (χ2v) is 6.30. The standard InChI is InChI=1S/C17H16ClNO3S/c1-23-12-4-5-14(18)13(10-12)17(20)19-11-3-6-15-16(9-11)22-8-2-7-21-15/h3-6,9-10H,2,7-8H2,1H3,(H,19,20). The molecule has 1 N–H and O–H groups in total. The fraction of sp³-hybridized carbons (Fsp3) is 0.235. The third kappa shape index (κ3) is 3.74. The molecule has 1 heterocycles. The van der Waals surface area contributed by atoms with E-state index in [2.05, 4.69) is 5.32 Å². The van der Waals surface area contributed by atoms with Gasteiger partial charge in [-0.15, -0.1) is 11.8 Å². The molecule has 2 aromatic rings. The average Bonchev–Trinajstić information content (AvgIpc) is 2.80. The number of benzene rings is 2. The summed E-state index contributed by atoms with van der Waals surface area (Å²) in [5, 5.41) is 3.28. The Morgan fingerprint density at radius 3 is 2.70 bits per heavy atom. The first-order valence-corrected chi connectivity index (χ1v) is 8.82. The van der Waals surface area contributed by atoms with Crippen LogP contribution in [0.1, 0.15) is 16.8 Å². The molecule has 3 rings (SSSR count). The predicted molar refractivity (Wildman–Crippen MR) is 93.2 cm³/mol. The number of nitrogens with one attached hydrogen (secondary N) is 1. The second kappa shape index (κ2) is 7.15. The Bertz CT molecular complexity index is 736. The van der Waals surface area contributed by atoms with Crippen LogP contribution in [0.25, 0.3) is 0 Å². The van der Waals surface area contributed by atoms with E-state index in [0.717, 1.165) is 11.3 Å². The number of hydrogen-bond donors (Lipinski definition) is 1. The third-order valence-electron chi connectivity index (χ3n) is 3.42. The lowest BCUT2D eigenvalue weighted by molar-refractivity contribution is 0.102. The van der Waals surface area contributed by atoms with Crippen LogP contribution in [-0.2, 0) is 0 Å². The molecule has 6 heteroatoms. The summed E-state index contributed by atoms with van der Waals surface area (Å²) in [5.74, 6) is 1.09. The lowest BCUT2D eigenvalue weighted by atomic mass is 10.2. The van der Waals surface area contributed by atoms with Gasteiger partial charge in [0.25, 0.3) is 5.91 Å². The molecule has 0 aromatic heterocycles. The number of hydrogen-bond acceptors (Lipinski definition) is 4. The summed E-state index contributed by atoms with van der Waals surface area (Å²) in [7, 11) is 0. The lowest BCUT2D eigenvalue weighted by Crippen LogP contribution is -2.12. The fourth-order valence-corrected chi connectivity index (χ4v) is 2.89. The summed E-state index contributed by atoms with van der Waals surface area (Å²) in [6.45, 7) is 1.24. The molecule has 0 saturated carbocycles. The second-order valence-electron chi connectivity index (χ2n) is 5.01. The number of amides is 1. The van der Waals surface area contributed by atoms with Crippen molar-refractivity contribution in [3.63, 3.8) is 0 Å². The zero-order chi connectivity index (χ0) is 16.2. The number of thioether (sulfide) groups is 1. The van der Waals surface area contributed by atoms with E-state index in [1.807, 2.05) is 12.3 Å². The molecule has 1 aliphatic rings. The minimum Gasteiger partial charge on any atom is -0.490 e. The number of fused-ring (bicyclic) bond motifs is 1. The van der Waals surface area contributed by atoms with Crippen LogP contribution in [0.4, 0.5) is 5.69 Å². The number of carbonyl (C=O) groups excluding carboxylic acids is 1. The van der Waals surface area contributed by atoms with Crippen LogP contribution in [0.3, 0.4) is 0 Å². The SMILES string of the molecule is CSc1ccc(Cl)c(C(=O)Nc2ccc3c(c2)OCCCO3)c1. The first kappa shape index (κ1) is 16.0. The Labute approximate surface area is 144 Å². The minimum atomic E-state index is -0.250. The van der Waals surface area contributed by atoms with Gasteiger partial charge in [-0.2, -0.15) is 0 Å². The maximum absolute atomic E-state index is 12.5. The van der Waals surface area contributed by atoms with E-state index in [1.54, 1.807) is 42.1 Å². The van der Waals surface area contributed by atoms with Gasteiger partial charge in [-0.1, -0.05) is 11.6 Å². The van der Waals surface area contributed by atoms with Gasteiger partial charge in [0.05, 0.1) is 23.8 Å². The van der Waals surface area contributed by atoms with Crippen LogP contribution in [0.15, 0.2) is 41.3 Å². The number of carbonyl (C=O) groups is 1. The van der Waals surface area contributed by atoms with Crippen molar-refractivity contribution in [2.24, 2.45) is 0 Å². The van der Waals surface area contributed by atoms with Crippen LogP contribution >= 0.6 is 23.4 Å². The normalized spacial score (nSPS) is 13.3. The first-order valence-electron chi connectivity index (χ1n) is 7.22. The molecule has 0 fully saturated rings. The summed E-state index contributed by atoms with van der Waals surface area (Å²) in [4.78, 5) is 13.4. The molecule has 0 radical (unpaired) electrons. The lowest BCUT2D eigenvalue weighted by Gasteiger charge is -2.11. The molecule has 1 amide bonds. The topological polar surface area (TPSA) is 47.6 Å². The van der Waals surface area contributed by atoms with Gasteiger partial charge in [-0.3, -0.25) is 4.79 Å². The van der Waals surface area contributed by atoms with Crippen LogP contribution in [0.5, 0.6) is 11.5 Å². The van der Waals surface area contributed by atoms with Crippen molar-refractivity contribution in [3.05, 3.63) is 47.0 Å². The molecule has 23 heavy (non-hydrogen) atoms. The summed E-state index contributed by atoms with van der Waals surface area (Å²) < 4.78 is 11.2. The highest BCUT2D eigenvalue weighted by molar-refractivity contribution is 7.98. The fourth-order valence-electron chi connectivity index (χ4n) is 2.24. The zero-order valence-corrected chi connectivity index (χ0v) is 14.2. The van der Waals surface area contributed by atoms with Crippen molar-refractivity contribution in [3.8, 4) is 11.5 Å². The number of anilines is 1.